The van der Waals surface area contributed by atoms with Crippen molar-refractivity contribution in [1.82, 2.24) is 14.7 Å². The summed E-state index contributed by atoms with van der Waals surface area (Å²) in [7, 11) is 2.00. The van der Waals surface area contributed by atoms with Gasteiger partial charge >= 0.3 is 0 Å². The molecule has 1 heterocycles. The largest absolute Gasteiger partial charge is 0.291 e. The molecule has 0 saturated heterocycles. The van der Waals surface area contributed by atoms with E-state index in [4.69, 9.17) is 6.42 Å². The van der Waals surface area contributed by atoms with E-state index in [2.05, 4.69) is 15.9 Å². The molecule has 0 aliphatic carbocycles. The molecule has 0 amide bonds. The minimum Gasteiger partial charge on any atom is -0.291 e. The van der Waals surface area contributed by atoms with Crippen LogP contribution in [-0.4, -0.2) is 28.3 Å². The summed E-state index contributed by atoms with van der Waals surface area (Å²) in [6, 6.07) is 10.1. The minimum absolute atomic E-state index is 0.649. The van der Waals surface area contributed by atoms with E-state index in [0.717, 1.165) is 17.8 Å². The molecule has 86 valence electrons. The Morgan fingerprint density at radius 2 is 2.12 bits per heavy atom. The van der Waals surface area contributed by atoms with Crippen LogP contribution < -0.4 is 0 Å². The van der Waals surface area contributed by atoms with Crippen LogP contribution in [0.25, 0.3) is 5.69 Å². The highest BCUT2D eigenvalue weighted by molar-refractivity contribution is 5.30. The van der Waals surface area contributed by atoms with Gasteiger partial charge in [0.2, 0.25) is 0 Å². The molecule has 0 N–H and O–H groups in total. The first kappa shape index (κ1) is 11.4. The zero-order chi connectivity index (χ0) is 12.1. The van der Waals surface area contributed by atoms with Gasteiger partial charge in [0, 0.05) is 18.3 Å². The third-order valence-corrected chi connectivity index (χ3v) is 2.47. The lowest BCUT2D eigenvalue weighted by molar-refractivity contribution is 0.369. The van der Waals surface area contributed by atoms with Crippen molar-refractivity contribution in [2.75, 3.05) is 13.6 Å². The zero-order valence-corrected chi connectivity index (χ0v) is 9.87. The Morgan fingerprint density at radius 3 is 2.82 bits per heavy atom. The van der Waals surface area contributed by atoms with Gasteiger partial charge in [-0.05, 0) is 19.2 Å². The van der Waals surface area contributed by atoms with Gasteiger partial charge in [0.1, 0.15) is 0 Å². The van der Waals surface area contributed by atoms with Crippen molar-refractivity contribution in [3.8, 4) is 18.0 Å². The van der Waals surface area contributed by atoms with Crippen LogP contribution in [0.1, 0.15) is 5.56 Å². The Bertz CT molecular complexity index is 508. The third-order valence-electron chi connectivity index (χ3n) is 2.47. The SMILES string of the molecule is C#CCN(C)Cc1cnn(-c2ccccc2)c1. The molecule has 3 nitrogen and oxygen atoms in total. The molecule has 1 aromatic heterocycles. The van der Waals surface area contributed by atoms with Crippen LogP contribution in [0.3, 0.4) is 0 Å². The van der Waals surface area contributed by atoms with E-state index in [1.165, 1.54) is 0 Å². The Labute approximate surface area is 102 Å². The predicted octanol–water partition coefficient (Wildman–Crippen LogP) is 1.94. The average Bonchev–Trinajstić information content (AvgIpc) is 2.79. The van der Waals surface area contributed by atoms with Crippen LogP contribution in [-0.2, 0) is 6.54 Å². The van der Waals surface area contributed by atoms with Crippen molar-refractivity contribution in [2.45, 2.75) is 6.54 Å². The number of nitrogens with zero attached hydrogens (tertiary/aromatic N) is 3. The summed E-state index contributed by atoms with van der Waals surface area (Å²) < 4.78 is 1.87. The minimum atomic E-state index is 0.649. The Hall–Kier alpha value is -2.05. The molecule has 3 heteroatoms. The Kier molecular flexibility index (Phi) is 3.59. The van der Waals surface area contributed by atoms with Crippen LogP contribution in [0.2, 0.25) is 0 Å². The molecule has 0 fully saturated rings. The van der Waals surface area contributed by atoms with Crippen molar-refractivity contribution in [2.24, 2.45) is 0 Å². The van der Waals surface area contributed by atoms with Gasteiger partial charge in [0.15, 0.2) is 0 Å². The van der Waals surface area contributed by atoms with E-state index in [9.17, 15) is 0 Å². The fraction of sp³-hybridized carbons (Fsp3) is 0.214. The molecule has 0 saturated carbocycles. The Balaban J connectivity index is 2.09. The molecule has 0 aliphatic rings. The summed E-state index contributed by atoms with van der Waals surface area (Å²) in [6.45, 7) is 1.47. The second-order valence-electron chi connectivity index (χ2n) is 4.01. The van der Waals surface area contributed by atoms with Gasteiger partial charge in [-0.2, -0.15) is 5.10 Å². The highest BCUT2D eigenvalue weighted by atomic mass is 15.3. The molecule has 0 bridgehead atoms. The third kappa shape index (κ3) is 2.96. The summed E-state index contributed by atoms with van der Waals surface area (Å²) >= 11 is 0. The van der Waals surface area contributed by atoms with E-state index < -0.39 is 0 Å². The normalized spacial score (nSPS) is 10.4. The monoisotopic (exact) mass is 225 g/mol. The van der Waals surface area contributed by atoms with E-state index in [-0.39, 0.29) is 0 Å². The van der Waals surface area contributed by atoms with Gasteiger partial charge in [-0.15, -0.1) is 6.42 Å². The van der Waals surface area contributed by atoms with E-state index in [1.54, 1.807) is 0 Å². The molecule has 2 rings (SSSR count). The van der Waals surface area contributed by atoms with E-state index >= 15 is 0 Å². The number of hydrogen-bond donors (Lipinski definition) is 0. The van der Waals surface area contributed by atoms with Crippen molar-refractivity contribution < 1.29 is 0 Å². The number of benzene rings is 1. The first-order valence-corrected chi connectivity index (χ1v) is 5.50. The fourth-order valence-corrected chi connectivity index (χ4v) is 1.69. The first-order valence-electron chi connectivity index (χ1n) is 5.50. The molecular weight excluding hydrogens is 210 g/mol. The molecule has 0 radical (unpaired) electrons. The van der Waals surface area contributed by atoms with Crippen LogP contribution in [0, 0.1) is 12.3 Å². The highest BCUT2D eigenvalue weighted by Gasteiger charge is 2.03. The quantitative estimate of drug-likeness (QED) is 0.741. The van der Waals surface area contributed by atoms with Crippen molar-refractivity contribution in [3.05, 3.63) is 48.3 Å². The average molecular weight is 225 g/mol. The smallest absolute Gasteiger partial charge is 0.0645 e. The van der Waals surface area contributed by atoms with Gasteiger partial charge in [0.25, 0.3) is 0 Å². The first-order chi connectivity index (χ1) is 8.29. The molecule has 0 spiro atoms. The lowest BCUT2D eigenvalue weighted by atomic mass is 10.3. The second-order valence-corrected chi connectivity index (χ2v) is 4.01. The van der Waals surface area contributed by atoms with E-state index in [0.29, 0.717) is 6.54 Å². The van der Waals surface area contributed by atoms with Crippen LogP contribution in [0.15, 0.2) is 42.7 Å². The number of rotatable bonds is 4. The summed E-state index contributed by atoms with van der Waals surface area (Å²) in [5.74, 6) is 2.62. The van der Waals surface area contributed by atoms with Crippen LogP contribution in [0.4, 0.5) is 0 Å². The lowest BCUT2D eigenvalue weighted by Crippen LogP contribution is -2.17. The van der Waals surface area contributed by atoms with Gasteiger partial charge in [0.05, 0.1) is 18.4 Å². The maximum absolute atomic E-state index is 5.27. The standard InChI is InChI=1S/C14H15N3/c1-3-9-16(2)11-13-10-15-17(12-13)14-7-5-4-6-8-14/h1,4-8,10,12H,9,11H2,2H3. The van der Waals surface area contributed by atoms with Crippen molar-refractivity contribution in [3.63, 3.8) is 0 Å². The lowest BCUT2D eigenvalue weighted by Gasteiger charge is -2.10. The van der Waals surface area contributed by atoms with Crippen molar-refractivity contribution in [1.29, 1.82) is 0 Å². The molecule has 2 aromatic rings. The van der Waals surface area contributed by atoms with Gasteiger partial charge < -0.3 is 0 Å². The second kappa shape index (κ2) is 5.33. The highest BCUT2D eigenvalue weighted by Crippen LogP contribution is 2.08. The molecule has 17 heavy (non-hydrogen) atoms. The van der Waals surface area contributed by atoms with Gasteiger partial charge in [-0.3, -0.25) is 4.90 Å². The van der Waals surface area contributed by atoms with Gasteiger partial charge in [-0.1, -0.05) is 24.1 Å². The summed E-state index contributed by atoms with van der Waals surface area (Å²) in [5, 5.41) is 4.34. The predicted molar refractivity (Wildman–Crippen MR) is 68.7 cm³/mol. The number of hydrogen-bond acceptors (Lipinski definition) is 2. The molecular formula is C14H15N3. The Morgan fingerprint density at radius 1 is 1.35 bits per heavy atom. The summed E-state index contributed by atoms with van der Waals surface area (Å²) in [4.78, 5) is 2.08. The molecule has 0 aliphatic heterocycles. The number of para-hydroxylation sites is 1. The molecule has 0 atom stereocenters. The number of aromatic nitrogens is 2. The van der Waals surface area contributed by atoms with E-state index in [1.807, 2.05) is 54.5 Å². The number of terminal acetylenes is 1. The van der Waals surface area contributed by atoms with Gasteiger partial charge in [-0.25, -0.2) is 4.68 Å². The summed E-state index contributed by atoms with van der Waals surface area (Å²) in [5.41, 5.74) is 2.23. The maximum atomic E-state index is 5.27. The molecule has 0 unspecified atom stereocenters. The molecule has 1 aromatic carbocycles. The maximum Gasteiger partial charge on any atom is 0.0645 e. The van der Waals surface area contributed by atoms with Crippen molar-refractivity contribution >= 4 is 0 Å². The van der Waals surface area contributed by atoms with Crippen LogP contribution >= 0.6 is 0 Å². The topological polar surface area (TPSA) is 21.1 Å². The summed E-state index contributed by atoms with van der Waals surface area (Å²) in [6.07, 6.45) is 9.17. The van der Waals surface area contributed by atoms with Crippen LogP contribution in [0.5, 0.6) is 0 Å². The zero-order valence-electron chi connectivity index (χ0n) is 9.87. The fourth-order valence-electron chi connectivity index (χ4n) is 1.69.